The Morgan fingerprint density at radius 2 is 2.00 bits per heavy atom. The predicted molar refractivity (Wildman–Crippen MR) is 85.2 cm³/mol. The molecule has 0 fully saturated rings. The van der Waals surface area contributed by atoms with Crippen molar-refractivity contribution < 1.29 is 19.1 Å². The molecule has 1 amide bonds. The number of thiophene rings is 1. The first kappa shape index (κ1) is 17.2. The lowest BCUT2D eigenvalue weighted by atomic mass is 9.96. The van der Waals surface area contributed by atoms with Crippen LogP contribution in [0.4, 0.5) is 5.00 Å². The van der Waals surface area contributed by atoms with Crippen molar-refractivity contribution in [3.8, 4) is 6.07 Å². The standard InChI is InChI=1S/C16H18N2O4S/c1-10(19)6-7-15(21)22-9-14(20)18-16-12(8-17)11-4-2-3-5-13(11)23-16/h2-7,9H2,1H3,(H,18,20). The van der Waals surface area contributed by atoms with Gasteiger partial charge in [-0.3, -0.25) is 9.59 Å². The van der Waals surface area contributed by atoms with Crippen molar-refractivity contribution in [1.29, 1.82) is 5.26 Å². The number of nitrogens with one attached hydrogen (secondary N) is 1. The Kier molecular flexibility index (Phi) is 5.88. The van der Waals surface area contributed by atoms with E-state index in [1.165, 1.54) is 18.3 Å². The fourth-order valence-electron chi connectivity index (χ4n) is 2.43. The smallest absolute Gasteiger partial charge is 0.306 e. The number of Topliss-reactive ketones (excluding diaryl/α,β-unsaturated/α-hetero) is 1. The number of anilines is 1. The van der Waals surface area contributed by atoms with Crippen LogP contribution >= 0.6 is 11.3 Å². The van der Waals surface area contributed by atoms with Crippen LogP contribution in [0.5, 0.6) is 0 Å². The minimum absolute atomic E-state index is 0.0284. The molecule has 1 N–H and O–H groups in total. The van der Waals surface area contributed by atoms with Gasteiger partial charge in [0.1, 0.15) is 16.9 Å². The van der Waals surface area contributed by atoms with Crippen molar-refractivity contribution in [2.24, 2.45) is 0 Å². The molecule has 0 atom stereocenters. The number of amides is 1. The minimum atomic E-state index is -0.582. The van der Waals surface area contributed by atoms with Gasteiger partial charge in [0.05, 0.1) is 12.0 Å². The number of fused-ring (bicyclic) bond motifs is 1. The molecule has 1 aromatic rings. The zero-order chi connectivity index (χ0) is 16.8. The number of ketones is 1. The third kappa shape index (κ3) is 4.63. The highest BCUT2D eigenvalue weighted by molar-refractivity contribution is 7.16. The average Bonchev–Trinajstić information content (AvgIpc) is 2.87. The van der Waals surface area contributed by atoms with Gasteiger partial charge in [0, 0.05) is 11.3 Å². The minimum Gasteiger partial charge on any atom is -0.456 e. The average molecular weight is 334 g/mol. The van der Waals surface area contributed by atoms with Gasteiger partial charge in [-0.1, -0.05) is 0 Å². The van der Waals surface area contributed by atoms with E-state index < -0.39 is 18.5 Å². The molecule has 0 aromatic carbocycles. The van der Waals surface area contributed by atoms with E-state index in [0.29, 0.717) is 10.6 Å². The van der Waals surface area contributed by atoms with Gasteiger partial charge in [-0.15, -0.1) is 11.3 Å². The van der Waals surface area contributed by atoms with E-state index in [9.17, 15) is 19.6 Å². The van der Waals surface area contributed by atoms with Gasteiger partial charge in [-0.25, -0.2) is 0 Å². The number of hydrogen-bond acceptors (Lipinski definition) is 6. The molecule has 23 heavy (non-hydrogen) atoms. The molecule has 1 aliphatic rings. The molecule has 0 radical (unpaired) electrons. The zero-order valence-corrected chi connectivity index (χ0v) is 13.8. The normalized spacial score (nSPS) is 12.9. The number of nitriles is 1. The third-order valence-corrected chi connectivity index (χ3v) is 4.79. The highest BCUT2D eigenvalue weighted by Crippen LogP contribution is 2.37. The van der Waals surface area contributed by atoms with Crippen LogP contribution in [0.1, 0.15) is 48.6 Å². The van der Waals surface area contributed by atoms with Crippen LogP contribution in [0, 0.1) is 11.3 Å². The van der Waals surface area contributed by atoms with Crippen LogP contribution in [-0.4, -0.2) is 24.3 Å². The molecule has 7 heteroatoms. The second-order valence-electron chi connectivity index (χ2n) is 5.44. The first-order valence-electron chi connectivity index (χ1n) is 7.50. The van der Waals surface area contributed by atoms with E-state index in [4.69, 9.17) is 4.74 Å². The lowest BCUT2D eigenvalue weighted by Gasteiger charge is -2.09. The molecule has 1 aromatic heterocycles. The van der Waals surface area contributed by atoms with E-state index in [2.05, 4.69) is 11.4 Å². The van der Waals surface area contributed by atoms with Crippen LogP contribution in [0.2, 0.25) is 0 Å². The number of rotatable bonds is 6. The lowest BCUT2D eigenvalue weighted by Crippen LogP contribution is -2.21. The Bertz CT molecular complexity index is 672. The summed E-state index contributed by atoms with van der Waals surface area (Å²) >= 11 is 1.42. The van der Waals surface area contributed by atoms with Gasteiger partial charge in [0.25, 0.3) is 5.91 Å². The maximum atomic E-state index is 11.9. The molecule has 0 spiro atoms. The molecule has 0 unspecified atom stereocenters. The van der Waals surface area contributed by atoms with E-state index in [1.54, 1.807) is 0 Å². The molecule has 2 rings (SSSR count). The Morgan fingerprint density at radius 3 is 2.70 bits per heavy atom. The highest BCUT2D eigenvalue weighted by Gasteiger charge is 2.22. The van der Waals surface area contributed by atoms with Crippen molar-refractivity contribution in [2.75, 3.05) is 11.9 Å². The molecule has 0 bridgehead atoms. The van der Waals surface area contributed by atoms with Crippen molar-refractivity contribution in [3.63, 3.8) is 0 Å². The topological polar surface area (TPSA) is 96.3 Å². The molecular formula is C16H18N2O4S. The molecule has 6 nitrogen and oxygen atoms in total. The van der Waals surface area contributed by atoms with E-state index in [0.717, 1.165) is 36.1 Å². The molecule has 1 aliphatic carbocycles. The fourth-order valence-corrected chi connectivity index (χ4v) is 3.69. The van der Waals surface area contributed by atoms with Crippen LogP contribution in [0.25, 0.3) is 0 Å². The number of carbonyl (C=O) groups is 3. The Hall–Kier alpha value is -2.20. The van der Waals surface area contributed by atoms with Crippen molar-refractivity contribution in [2.45, 2.75) is 45.4 Å². The fraction of sp³-hybridized carbons (Fsp3) is 0.500. The number of carbonyl (C=O) groups excluding carboxylic acids is 3. The van der Waals surface area contributed by atoms with Crippen LogP contribution in [-0.2, 0) is 32.0 Å². The molecule has 122 valence electrons. The summed E-state index contributed by atoms with van der Waals surface area (Å²) in [5.41, 5.74) is 1.57. The number of nitrogens with zero attached hydrogens (tertiary/aromatic N) is 1. The summed E-state index contributed by atoms with van der Waals surface area (Å²) in [6.07, 6.45) is 4.03. The van der Waals surface area contributed by atoms with Crippen molar-refractivity contribution >= 4 is 34.0 Å². The first-order valence-corrected chi connectivity index (χ1v) is 8.32. The Labute approximate surface area is 138 Å². The summed E-state index contributed by atoms with van der Waals surface area (Å²) in [7, 11) is 0. The number of aryl methyl sites for hydroxylation is 1. The predicted octanol–water partition coefficient (Wildman–Crippen LogP) is 2.35. The Balaban J connectivity index is 1.91. The molecule has 1 heterocycles. The van der Waals surface area contributed by atoms with Crippen molar-refractivity contribution in [1.82, 2.24) is 0 Å². The molecule has 0 aliphatic heterocycles. The summed E-state index contributed by atoms with van der Waals surface area (Å²) in [6.45, 7) is 0.978. The summed E-state index contributed by atoms with van der Waals surface area (Å²) < 4.78 is 4.82. The largest absolute Gasteiger partial charge is 0.456 e. The zero-order valence-electron chi connectivity index (χ0n) is 12.9. The molecular weight excluding hydrogens is 316 g/mol. The summed E-state index contributed by atoms with van der Waals surface area (Å²) in [6, 6.07) is 2.16. The SMILES string of the molecule is CC(=O)CCC(=O)OCC(=O)Nc1sc2c(c1C#N)CCCC2. The van der Waals surface area contributed by atoms with Gasteiger partial charge < -0.3 is 14.8 Å². The quantitative estimate of drug-likeness (QED) is 0.806. The summed E-state index contributed by atoms with van der Waals surface area (Å²) in [5, 5.41) is 12.5. The number of hydrogen-bond donors (Lipinski definition) is 1. The maximum Gasteiger partial charge on any atom is 0.306 e. The van der Waals surface area contributed by atoms with Crippen molar-refractivity contribution in [3.05, 3.63) is 16.0 Å². The second-order valence-corrected chi connectivity index (χ2v) is 6.54. The Morgan fingerprint density at radius 1 is 1.26 bits per heavy atom. The third-order valence-electron chi connectivity index (χ3n) is 3.58. The van der Waals surface area contributed by atoms with E-state index in [-0.39, 0.29) is 18.6 Å². The summed E-state index contributed by atoms with van der Waals surface area (Å²) in [4.78, 5) is 35.2. The molecule has 0 saturated heterocycles. The van der Waals surface area contributed by atoms with Gasteiger partial charge in [0.2, 0.25) is 0 Å². The first-order chi connectivity index (χ1) is 11.0. The van der Waals surface area contributed by atoms with Crippen LogP contribution in [0.15, 0.2) is 0 Å². The van der Waals surface area contributed by atoms with Gasteiger partial charge in [-0.05, 0) is 38.2 Å². The molecule has 0 saturated carbocycles. The van der Waals surface area contributed by atoms with Gasteiger partial charge >= 0.3 is 5.97 Å². The van der Waals surface area contributed by atoms with Crippen LogP contribution in [0.3, 0.4) is 0 Å². The number of esters is 1. The summed E-state index contributed by atoms with van der Waals surface area (Å²) in [5.74, 6) is -1.16. The van der Waals surface area contributed by atoms with Crippen LogP contribution < -0.4 is 5.32 Å². The highest BCUT2D eigenvalue weighted by atomic mass is 32.1. The lowest BCUT2D eigenvalue weighted by molar-refractivity contribution is -0.148. The van der Waals surface area contributed by atoms with Gasteiger partial charge in [0.15, 0.2) is 6.61 Å². The monoisotopic (exact) mass is 334 g/mol. The number of ether oxygens (including phenoxy) is 1. The van der Waals surface area contributed by atoms with E-state index in [1.807, 2.05) is 0 Å². The van der Waals surface area contributed by atoms with E-state index >= 15 is 0 Å². The van der Waals surface area contributed by atoms with Gasteiger partial charge in [-0.2, -0.15) is 5.26 Å². The second kappa shape index (κ2) is 7.88. The maximum absolute atomic E-state index is 11.9.